The summed E-state index contributed by atoms with van der Waals surface area (Å²) in [6, 6.07) is 10.5. The molecule has 1 aliphatic rings. The average Bonchev–Trinajstić information content (AvgIpc) is 2.90. The van der Waals surface area contributed by atoms with Crippen LogP contribution in [0.15, 0.2) is 35.7 Å². The van der Waals surface area contributed by atoms with Gasteiger partial charge in [-0.15, -0.1) is 11.3 Å². The van der Waals surface area contributed by atoms with Crippen LogP contribution >= 0.6 is 11.3 Å². The van der Waals surface area contributed by atoms with E-state index >= 15 is 0 Å². The van der Waals surface area contributed by atoms with E-state index in [-0.39, 0.29) is 5.91 Å². The molecule has 1 amide bonds. The van der Waals surface area contributed by atoms with Gasteiger partial charge < -0.3 is 9.80 Å². The van der Waals surface area contributed by atoms with Gasteiger partial charge in [-0.2, -0.15) is 0 Å². The van der Waals surface area contributed by atoms with E-state index in [1.807, 2.05) is 30.4 Å². The Balaban J connectivity index is 1.79. The van der Waals surface area contributed by atoms with E-state index in [1.54, 1.807) is 11.3 Å². The molecule has 1 aliphatic heterocycles. The number of carbonyl (C=O) groups excluding carboxylic acids is 1. The molecular weight excluding hydrogens is 304 g/mol. The highest BCUT2D eigenvalue weighted by molar-refractivity contribution is 7.13. The maximum atomic E-state index is 12.7. The molecule has 2 aromatic rings. The number of amides is 1. The molecule has 1 aromatic carbocycles. The molecule has 0 aliphatic carbocycles. The Bertz CT molecular complexity index is 670. The van der Waals surface area contributed by atoms with E-state index in [0.717, 1.165) is 36.4 Å². The number of rotatable bonds is 3. The standard InChI is InChI=1S/C19H24N2OS/c1-20(2)17-9-7-8-15(12-17)18-13-16(14-23-18)19(22)21-10-5-3-4-6-11-21/h7-9,12-14H,3-6,10-11H2,1-2H3. The van der Waals surface area contributed by atoms with Crippen molar-refractivity contribution in [1.29, 1.82) is 0 Å². The van der Waals surface area contributed by atoms with Crippen molar-refractivity contribution in [2.45, 2.75) is 25.7 Å². The summed E-state index contributed by atoms with van der Waals surface area (Å²) in [6.45, 7) is 1.81. The summed E-state index contributed by atoms with van der Waals surface area (Å²) >= 11 is 1.65. The van der Waals surface area contributed by atoms with Crippen LogP contribution in [-0.4, -0.2) is 38.0 Å². The van der Waals surface area contributed by atoms with Gasteiger partial charge in [-0.25, -0.2) is 0 Å². The van der Waals surface area contributed by atoms with Crippen molar-refractivity contribution in [3.8, 4) is 10.4 Å². The summed E-state index contributed by atoms with van der Waals surface area (Å²) in [6.07, 6.45) is 4.76. The lowest BCUT2D eigenvalue weighted by Gasteiger charge is -2.19. The summed E-state index contributed by atoms with van der Waals surface area (Å²) in [5.74, 6) is 0.193. The van der Waals surface area contributed by atoms with Crippen molar-refractivity contribution in [3.63, 3.8) is 0 Å². The van der Waals surface area contributed by atoms with Gasteiger partial charge in [0.1, 0.15) is 0 Å². The minimum absolute atomic E-state index is 0.193. The van der Waals surface area contributed by atoms with Gasteiger partial charge in [0.15, 0.2) is 0 Å². The lowest BCUT2D eigenvalue weighted by molar-refractivity contribution is 0.0762. The molecule has 0 N–H and O–H groups in total. The highest BCUT2D eigenvalue weighted by Gasteiger charge is 2.18. The van der Waals surface area contributed by atoms with E-state index < -0.39 is 0 Å². The second kappa shape index (κ2) is 7.18. The Hall–Kier alpha value is -1.81. The first-order valence-corrected chi connectivity index (χ1v) is 9.19. The van der Waals surface area contributed by atoms with Gasteiger partial charge in [0.2, 0.25) is 0 Å². The Kier molecular flexibility index (Phi) is 5.01. The molecular formula is C19H24N2OS. The van der Waals surface area contributed by atoms with Crippen LogP contribution in [0, 0.1) is 0 Å². The number of benzene rings is 1. The molecule has 122 valence electrons. The lowest BCUT2D eigenvalue weighted by Crippen LogP contribution is -2.31. The summed E-state index contributed by atoms with van der Waals surface area (Å²) in [4.78, 5) is 18.0. The number of hydrogen-bond acceptors (Lipinski definition) is 3. The molecule has 3 nitrogen and oxygen atoms in total. The van der Waals surface area contributed by atoms with Crippen LogP contribution in [0.1, 0.15) is 36.0 Å². The van der Waals surface area contributed by atoms with E-state index in [1.165, 1.54) is 24.1 Å². The molecule has 1 fully saturated rings. The van der Waals surface area contributed by atoms with Gasteiger partial charge in [0, 0.05) is 43.1 Å². The third-order valence-corrected chi connectivity index (χ3v) is 5.37. The molecule has 1 saturated heterocycles. The van der Waals surface area contributed by atoms with Crippen LogP contribution in [0.3, 0.4) is 0 Å². The SMILES string of the molecule is CN(C)c1cccc(-c2cc(C(=O)N3CCCCCC3)cs2)c1. The zero-order chi connectivity index (χ0) is 16.2. The summed E-state index contributed by atoms with van der Waals surface area (Å²) in [7, 11) is 4.09. The largest absolute Gasteiger partial charge is 0.378 e. The first-order chi connectivity index (χ1) is 11.1. The van der Waals surface area contributed by atoms with Crippen LogP contribution < -0.4 is 4.90 Å². The number of thiophene rings is 1. The van der Waals surface area contributed by atoms with Crippen molar-refractivity contribution < 1.29 is 4.79 Å². The van der Waals surface area contributed by atoms with Crippen LogP contribution in [0.2, 0.25) is 0 Å². The number of likely N-dealkylation sites (tertiary alicyclic amines) is 1. The zero-order valence-corrected chi connectivity index (χ0v) is 14.7. The topological polar surface area (TPSA) is 23.6 Å². The predicted molar refractivity (Wildman–Crippen MR) is 98.5 cm³/mol. The Morgan fingerprint density at radius 2 is 1.83 bits per heavy atom. The normalized spacial score (nSPS) is 15.3. The highest BCUT2D eigenvalue weighted by Crippen LogP contribution is 2.30. The molecule has 0 unspecified atom stereocenters. The van der Waals surface area contributed by atoms with Crippen molar-refractivity contribution in [1.82, 2.24) is 4.90 Å². The van der Waals surface area contributed by atoms with Gasteiger partial charge in [0.25, 0.3) is 5.91 Å². The van der Waals surface area contributed by atoms with E-state index in [0.29, 0.717) is 0 Å². The van der Waals surface area contributed by atoms with Gasteiger partial charge in [-0.1, -0.05) is 25.0 Å². The molecule has 3 rings (SSSR count). The van der Waals surface area contributed by atoms with E-state index in [2.05, 4.69) is 29.2 Å². The second-order valence-electron chi connectivity index (χ2n) is 6.35. The maximum absolute atomic E-state index is 12.7. The maximum Gasteiger partial charge on any atom is 0.254 e. The second-order valence-corrected chi connectivity index (χ2v) is 7.26. The molecule has 23 heavy (non-hydrogen) atoms. The first-order valence-electron chi connectivity index (χ1n) is 8.31. The fourth-order valence-electron chi connectivity index (χ4n) is 2.99. The molecule has 0 bridgehead atoms. The molecule has 0 radical (unpaired) electrons. The lowest BCUT2D eigenvalue weighted by atomic mass is 10.1. The molecule has 4 heteroatoms. The van der Waals surface area contributed by atoms with Crippen molar-refractivity contribution >= 4 is 22.9 Å². The van der Waals surface area contributed by atoms with Crippen molar-refractivity contribution in [2.75, 3.05) is 32.1 Å². The highest BCUT2D eigenvalue weighted by atomic mass is 32.1. The Morgan fingerprint density at radius 3 is 2.52 bits per heavy atom. The predicted octanol–water partition coefficient (Wildman–Crippen LogP) is 4.50. The molecule has 2 heterocycles. The van der Waals surface area contributed by atoms with Crippen LogP contribution in [-0.2, 0) is 0 Å². The zero-order valence-electron chi connectivity index (χ0n) is 13.9. The number of nitrogens with zero attached hydrogens (tertiary/aromatic N) is 2. The molecule has 0 spiro atoms. The summed E-state index contributed by atoms with van der Waals surface area (Å²) in [5.41, 5.74) is 3.19. The van der Waals surface area contributed by atoms with Gasteiger partial charge in [-0.05, 0) is 36.6 Å². The van der Waals surface area contributed by atoms with Crippen molar-refractivity contribution in [3.05, 3.63) is 41.3 Å². The quantitative estimate of drug-likeness (QED) is 0.828. The smallest absolute Gasteiger partial charge is 0.254 e. The summed E-state index contributed by atoms with van der Waals surface area (Å²) in [5, 5.41) is 2.00. The van der Waals surface area contributed by atoms with Gasteiger partial charge in [-0.3, -0.25) is 4.79 Å². The Labute approximate surface area is 142 Å². The minimum Gasteiger partial charge on any atom is -0.378 e. The van der Waals surface area contributed by atoms with Crippen molar-refractivity contribution in [2.24, 2.45) is 0 Å². The van der Waals surface area contributed by atoms with Crippen LogP contribution in [0.4, 0.5) is 5.69 Å². The van der Waals surface area contributed by atoms with E-state index in [4.69, 9.17) is 0 Å². The fraction of sp³-hybridized carbons (Fsp3) is 0.421. The Morgan fingerprint density at radius 1 is 1.09 bits per heavy atom. The van der Waals surface area contributed by atoms with Crippen LogP contribution in [0.25, 0.3) is 10.4 Å². The molecule has 0 atom stereocenters. The number of hydrogen-bond donors (Lipinski definition) is 0. The average molecular weight is 328 g/mol. The monoisotopic (exact) mass is 328 g/mol. The van der Waals surface area contributed by atoms with E-state index in [9.17, 15) is 4.79 Å². The third kappa shape index (κ3) is 3.75. The molecule has 0 saturated carbocycles. The molecule has 1 aromatic heterocycles. The van der Waals surface area contributed by atoms with Crippen LogP contribution in [0.5, 0.6) is 0 Å². The fourth-order valence-corrected chi connectivity index (χ4v) is 3.87. The van der Waals surface area contributed by atoms with Gasteiger partial charge >= 0.3 is 0 Å². The third-order valence-electron chi connectivity index (χ3n) is 4.39. The first kappa shape index (κ1) is 16.1. The number of anilines is 1. The minimum atomic E-state index is 0.193. The number of carbonyl (C=O) groups is 1. The summed E-state index contributed by atoms with van der Waals surface area (Å²) < 4.78 is 0. The van der Waals surface area contributed by atoms with Gasteiger partial charge in [0.05, 0.1) is 5.56 Å².